The van der Waals surface area contributed by atoms with Crippen molar-refractivity contribution in [3.8, 4) is 10.6 Å². The zero-order valence-electron chi connectivity index (χ0n) is 15.5. The molecule has 1 atom stereocenters. The summed E-state index contributed by atoms with van der Waals surface area (Å²) in [5, 5.41) is 19.0. The topological polar surface area (TPSA) is 64.4 Å². The Bertz CT molecular complexity index is 1160. The van der Waals surface area contributed by atoms with E-state index in [1.54, 1.807) is 29.5 Å². The molecule has 7 heteroatoms. The second-order valence-corrected chi connectivity index (χ2v) is 8.04. The van der Waals surface area contributed by atoms with Crippen molar-refractivity contribution in [2.24, 2.45) is 0 Å². The molecular formula is C22H19ClN2O3S. The van der Waals surface area contributed by atoms with E-state index in [0.717, 1.165) is 21.5 Å². The predicted molar refractivity (Wildman–Crippen MR) is 116 cm³/mol. The van der Waals surface area contributed by atoms with Crippen LogP contribution in [0.4, 0.5) is 0 Å². The van der Waals surface area contributed by atoms with E-state index in [0.29, 0.717) is 17.0 Å². The second-order valence-electron chi connectivity index (χ2n) is 6.65. The molecule has 2 aromatic heterocycles. The van der Waals surface area contributed by atoms with E-state index in [1.807, 2.05) is 47.8 Å². The lowest BCUT2D eigenvalue weighted by Crippen LogP contribution is -2.31. The molecule has 0 saturated heterocycles. The van der Waals surface area contributed by atoms with Crippen LogP contribution >= 0.6 is 22.9 Å². The van der Waals surface area contributed by atoms with E-state index >= 15 is 0 Å². The van der Waals surface area contributed by atoms with Gasteiger partial charge in [-0.2, -0.15) is 5.10 Å². The fraction of sp³-hybridized carbons (Fsp3) is 0.182. The van der Waals surface area contributed by atoms with Gasteiger partial charge in [-0.3, -0.25) is 4.79 Å². The summed E-state index contributed by atoms with van der Waals surface area (Å²) in [5.74, 6) is 0. The number of hydrogen-bond donors (Lipinski definition) is 1. The van der Waals surface area contributed by atoms with Gasteiger partial charge in [-0.25, -0.2) is 4.68 Å². The number of rotatable bonds is 7. The molecule has 2 aromatic carbocycles. The van der Waals surface area contributed by atoms with Gasteiger partial charge in [0.1, 0.15) is 5.69 Å². The van der Waals surface area contributed by atoms with E-state index in [-0.39, 0.29) is 18.7 Å². The summed E-state index contributed by atoms with van der Waals surface area (Å²) in [4.78, 5) is 13.8. The van der Waals surface area contributed by atoms with Crippen LogP contribution < -0.4 is 5.56 Å². The van der Waals surface area contributed by atoms with Crippen LogP contribution in [0.25, 0.3) is 21.3 Å². The summed E-state index contributed by atoms with van der Waals surface area (Å²) in [6.45, 7) is 0.509. The maximum absolute atomic E-state index is 12.9. The third-order valence-electron chi connectivity index (χ3n) is 4.50. The van der Waals surface area contributed by atoms with Crippen LogP contribution in [-0.4, -0.2) is 27.6 Å². The van der Waals surface area contributed by atoms with E-state index in [1.165, 1.54) is 4.68 Å². The number of hydrogen-bond acceptors (Lipinski definition) is 5. The highest BCUT2D eigenvalue weighted by molar-refractivity contribution is 7.13. The number of fused-ring (bicyclic) bond motifs is 1. The van der Waals surface area contributed by atoms with Crippen LogP contribution in [0.3, 0.4) is 0 Å². The number of nitrogens with zero attached hydrogens (tertiary/aromatic N) is 2. The van der Waals surface area contributed by atoms with Crippen molar-refractivity contribution in [2.45, 2.75) is 19.3 Å². The van der Waals surface area contributed by atoms with Crippen LogP contribution in [0.2, 0.25) is 5.02 Å². The standard InChI is InChI=1S/C22H19ClN2O3S/c23-16-9-7-15(8-10-16)13-28-14-17(26)12-25-22(27)19-5-2-1-4-18(19)21(24-25)20-6-3-11-29-20/h1-11,17,26H,12-14H2/t17-/m0/s1. The number of benzene rings is 2. The molecule has 5 nitrogen and oxygen atoms in total. The number of ether oxygens (including phenoxy) is 1. The van der Waals surface area contributed by atoms with Crippen LogP contribution in [0.15, 0.2) is 70.8 Å². The molecule has 0 aliphatic carbocycles. The van der Waals surface area contributed by atoms with Gasteiger partial charge >= 0.3 is 0 Å². The lowest BCUT2D eigenvalue weighted by molar-refractivity contribution is 0.0181. The van der Waals surface area contributed by atoms with Gasteiger partial charge in [0, 0.05) is 10.4 Å². The normalized spacial score (nSPS) is 12.3. The Kier molecular flexibility index (Phi) is 6.06. The van der Waals surface area contributed by atoms with Gasteiger partial charge in [0.2, 0.25) is 0 Å². The summed E-state index contributed by atoms with van der Waals surface area (Å²) in [7, 11) is 0. The zero-order valence-corrected chi connectivity index (χ0v) is 17.1. The molecule has 1 N–H and O–H groups in total. The molecule has 148 valence electrons. The van der Waals surface area contributed by atoms with E-state index in [2.05, 4.69) is 5.10 Å². The first-order valence-corrected chi connectivity index (χ1v) is 10.4. The van der Waals surface area contributed by atoms with Gasteiger partial charge in [0.05, 0.1) is 36.1 Å². The smallest absolute Gasteiger partial charge is 0.274 e. The Morgan fingerprint density at radius 2 is 1.83 bits per heavy atom. The van der Waals surface area contributed by atoms with Crippen LogP contribution in [0.1, 0.15) is 5.56 Å². The zero-order chi connectivity index (χ0) is 20.2. The van der Waals surface area contributed by atoms with Gasteiger partial charge < -0.3 is 9.84 Å². The second kappa shape index (κ2) is 8.88. The number of aliphatic hydroxyl groups is 1. The average molecular weight is 427 g/mol. The van der Waals surface area contributed by atoms with Crippen molar-refractivity contribution >= 4 is 33.7 Å². The molecule has 0 bridgehead atoms. The molecule has 4 aromatic rings. The van der Waals surface area contributed by atoms with E-state index < -0.39 is 6.10 Å². The first kappa shape index (κ1) is 19.8. The van der Waals surface area contributed by atoms with Gasteiger partial charge in [-0.05, 0) is 35.2 Å². The quantitative estimate of drug-likeness (QED) is 0.477. The van der Waals surface area contributed by atoms with Crippen molar-refractivity contribution in [3.05, 3.63) is 87.0 Å². The maximum Gasteiger partial charge on any atom is 0.274 e. The molecule has 2 heterocycles. The first-order valence-electron chi connectivity index (χ1n) is 9.16. The molecule has 0 amide bonds. The molecule has 0 unspecified atom stereocenters. The molecule has 29 heavy (non-hydrogen) atoms. The van der Waals surface area contributed by atoms with Gasteiger partial charge in [-0.1, -0.05) is 48.0 Å². The minimum Gasteiger partial charge on any atom is -0.389 e. The lowest BCUT2D eigenvalue weighted by atomic mass is 10.1. The minimum atomic E-state index is -0.857. The SMILES string of the molecule is O=c1c2ccccc2c(-c2cccs2)nn1C[C@H](O)COCc1ccc(Cl)cc1. The monoisotopic (exact) mass is 426 g/mol. The summed E-state index contributed by atoms with van der Waals surface area (Å²) < 4.78 is 6.92. The van der Waals surface area contributed by atoms with Crippen molar-refractivity contribution in [2.75, 3.05) is 6.61 Å². The highest BCUT2D eigenvalue weighted by Gasteiger charge is 2.15. The lowest BCUT2D eigenvalue weighted by Gasteiger charge is -2.14. The Balaban J connectivity index is 1.52. The first-order chi connectivity index (χ1) is 14.1. The fourth-order valence-electron chi connectivity index (χ4n) is 3.10. The number of halogens is 1. The third kappa shape index (κ3) is 4.57. The van der Waals surface area contributed by atoms with Gasteiger partial charge in [0.25, 0.3) is 5.56 Å². The number of aliphatic hydroxyl groups excluding tert-OH is 1. The predicted octanol–water partition coefficient (Wildman–Crippen LogP) is 4.36. The summed E-state index contributed by atoms with van der Waals surface area (Å²) >= 11 is 7.44. The summed E-state index contributed by atoms with van der Waals surface area (Å²) in [6, 6.07) is 18.7. The largest absolute Gasteiger partial charge is 0.389 e. The van der Waals surface area contributed by atoms with E-state index in [9.17, 15) is 9.90 Å². The molecule has 0 aliphatic rings. The molecule has 0 fully saturated rings. The summed E-state index contributed by atoms with van der Waals surface area (Å²) in [6.07, 6.45) is -0.857. The van der Waals surface area contributed by atoms with E-state index in [4.69, 9.17) is 16.3 Å². The van der Waals surface area contributed by atoms with Crippen LogP contribution in [0.5, 0.6) is 0 Å². The van der Waals surface area contributed by atoms with Gasteiger partial charge in [0.15, 0.2) is 0 Å². The van der Waals surface area contributed by atoms with Crippen molar-refractivity contribution < 1.29 is 9.84 Å². The Morgan fingerprint density at radius 1 is 1.07 bits per heavy atom. The Morgan fingerprint density at radius 3 is 2.55 bits per heavy atom. The number of aromatic nitrogens is 2. The highest BCUT2D eigenvalue weighted by atomic mass is 35.5. The van der Waals surface area contributed by atoms with Crippen LogP contribution in [-0.2, 0) is 17.9 Å². The molecular weight excluding hydrogens is 408 g/mol. The molecule has 4 rings (SSSR count). The minimum absolute atomic E-state index is 0.0582. The molecule has 0 spiro atoms. The highest BCUT2D eigenvalue weighted by Crippen LogP contribution is 2.28. The van der Waals surface area contributed by atoms with Crippen molar-refractivity contribution in [1.29, 1.82) is 0 Å². The number of thiophene rings is 1. The Hall–Kier alpha value is -2.51. The summed E-state index contributed by atoms with van der Waals surface area (Å²) in [5.41, 5.74) is 1.48. The average Bonchev–Trinajstić information content (AvgIpc) is 3.26. The molecule has 0 radical (unpaired) electrons. The Labute approximate surface area is 176 Å². The van der Waals surface area contributed by atoms with Crippen molar-refractivity contribution in [1.82, 2.24) is 9.78 Å². The molecule has 0 saturated carbocycles. The van der Waals surface area contributed by atoms with Gasteiger partial charge in [-0.15, -0.1) is 11.3 Å². The third-order valence-corrected chi connectivity index (χ3v) is 5.63. The molecule has 0 aliphatic heterocycles. The maximum atomic E-state index is 12.9. The van der Waals surface area contributed by atoms with Crippen molar-refractivity contribution in [3.63, 3.8) is 0 Å². The van der Waals surface area contributed by atoms with Crippen LogP contribution in [0, 0.1) is 0 Å². The fourth-order valence-corrected chi connectivity index (χ4v) is 3.95.